The topological polar surface area (TPSA) is 44.8 Å². The van der Waals surface area contributed by atoms with Crippen LogP contribution in [0, 0.1) is 0 Å². The van der Waals surface area contributed by atoms with Crippen LogP contribution in [0.15, 0.2) is 42.7 Å². The highest BCUT2D eigenvalue weighted by atomic mass is 35.5. The third-order valence-corrected chi connectivity index (χ3v) is 3.75. The van der Waals surface area contributed by atoms with Gasteiger partial charge in [0.2, 0.25) is 0 Å². The lowest BCUT2D eigenvalue weighted by atomic mass is 10.0. The van der Waals surface area contributed by atoms with E-state index in [0.29, 0.717) is 6.04 Å². The second-order valence-corrected chi connectivity index (χ2v) is 5.23. The van der Waals surface area contributed by atoms with Crippen molar-refractivity contribution in [3.63, 3.8) is 0 Å². The van der Waals surface area contributed by atoms with Crippen molar-refractivity contribution in [3.05, 3.63) is 48.3 Å². The number of benzene rings is 1. The summed E-state index contributed by atoms with van der Waals surface area (Å²) in [6.45, 7) is 2.20. The standard InChI is InChI=1S/C16H18N4.2ClH/c1-11(20(2)3)12-4-6-13(7-5-12)14-8-9-15-16(19-14)18-10-17-15;;/h4-11H,1-3H3,(H,17,18,19);2*1H. The van der Waals surface area contributed by atoms with E-state index in [4.69, 9.17) is 0 Å². The molecule has 0 aliphatic carbocycles. The average molecular weight is 339 g/mol. The molecule has 0 aliphatic rings. The number of imidazole rings is 1. The van der Waals surface area contributed by atoms with Gasteiger partial charge in [0, 0.05) is 11.6 Å². The van der Waals surface area contributed by atoms with Gasteiger partial charge in [-0.3, -0.25) is 0 Å². The smallest absolute Gasteiger partial charge is 0.177 e. The van der Waals surface area contributed by atoms with Crippen molar-refractivity contribution < 1.29 is 0 Å². The van der Waals surface area contributed by atoms with Gasteiger partial charge in [-0.05, 0) is 38.7 Å². The highest BCUT2D eigenvalue weighted by molar-refractivity contribution is 5.85. The number of aromatic nitrogens is 3. The van der Waals surface area contributed by atoms with Gasteiger partial charge in [0.05, 0.1) is 17.5 Å². The van der Waals surface area contributed by atoms with E-state index in [2.05, 4.69) is 65.1 Å². The Morgan fingerprint density at radius 1 is 1.00 bits per heavy atom. The second kappa shape index (κ2) is 7.58. The van der Waals surface area contributed by atoms with Crippen molar-refractivity contribution in [1.82, 2.24) is 19.9 Å². The lowest BCUT2D eigenvalue weighted by molar-refractivity contribution is 0.321. The summed E-state index contributed by atoms with van der Waals surface area (Å²) in [5, 5.41) is 0. The van der Waals surface area contributed by atoms with Gasteiger partial charge in [0.15, 0.2) is 5.65 Å². The first-order valence-electron chi connectivity index (χ1n) is 6.72. The molecule has 2 heterocycles. The Bertz CT molecular complexity index is 722. The molecule has 0 amide bonds. The van der Waals surface area contributed by atoms with Crippen LogP contribution in [-0.2, 0) is 0 Å². The molecular formula is C16H20Cl2N4. The quantitative estimate of drug-likeness (QED) is 0.782. The van der Waals surface area contributed by atoms with Crippen LogP contribution in [0.4, 0.5) is 0 Å². The number of fused-ring (bicyclic) bond motifs is 1. The monoisotopic (exact) mass is 338 g/mol. The van der Waals surface area contributed by atoms with E-state index in [1.807, 2.05) is 12.1 Å². The first kappa shape index (κ1) is 18.4. The van der Waals surface area contributed by atoms with Crippen molar-refractivity contribution >= 4 is 36.0 Å². The van der Waals surface area contributed by atoms with Gasteiger partial charge in [-0.15, -0.1) is 24.8 Å². The van der Waals surface area contributed by atoms with Crippen molar-refractivity contribution in [2.24, 2.45) is 0 Å². The van der Waals surface area contributed by atoms with E-state index in [9.17, 15) is 0 Å². The maximum Gasteiger partial charge on any atom is 0.177 e. The molecule has 3 aromatic rings. The largest absolute Gasteiger partial charge is 0.343 e. The molecule has 22 heavy (non-hydrogen) atoms. The zero-order valence-electron chi connectivity index (χ0n) is 12.8. The first-order valence-corrected chi connectivity index (χ1v) is 6.72. The summed E-state index contributed by atoms with van der Waals surface area (Å²) >= 11 is 0. The van der Waals surface area contributed by atoms with Gasteiger partial charge in [0.25, 0.3) is 0 Å². The number of nitrogens with one attached hydrogen (secondary N) is 1. The van der Waals surface area contributed by atoms with Gasteiger partial charge in [0.1, 0.15) is 0 Å². The Hall–Kier alpha value is -1.62. The number of hydrogen-bond donors (Lipinski definition) is 1. The van der Waals surface area contributed by atoms with Gasteiger partial charge >= 0.3 is 0 Å². The third kappa shape index (κ3) is 3.58. The molecule has 1 atom stereocenters. The minimum atomic E-state index is 0. The molecule has 3 rings (SSSR count). The summed E-state index contributed by atoms with van der Waals surface area (Å²) < 4.78 is 0. The van der Waals surface area contributed by atoms with Crippen LogP contribution in [0.2, 0.25) is 0 Å². The number of H-pyrrole nitrogens is 1. The molecule has 0 aliphatic heterocycles. The predicted molar refractivity (Wildman–Crippen MR) is 95.9 cm³/mol. The summed E-state index contributed by atoms with van der Waals surface area (Å²) in [6.07, 6.45) is 1.67. The zero-order chi connectivity index (χ0) is 14.1. The van der Waals surface area contributed by atoms with Crippen LogP contribution in [0.25, 0.3) is 22.4 Å². The molecular weight excluding hydrogens is 319 g/mol. The van der Waals surface area contributed by atoms with Crippen LogP contribution >= 0.6 is 24.8 Å². The van der Waals surface area contributed by atoms with Crippen LogP contribution in [-0.4, -0.2) is 33.9 Å². The van der Waals surface area contributed by atoms with Gasteiger partial charge in [-0.2, -0.15) is 0 Å². The van der Waals surface area contributed by atoms with Crippen LogP contribution in [0.5, 0.6) is 0 Å². The molecule has 1 unspecified atom stereocenters. The number of nitrogens with zero attached hydrogens (tertiary/aromatic N) is 3. The highest BCUT2D eigenvalue weighted by Crippen LogP contribution is 2.23. The van der Waals surface area contributed by atoms with Crippen molar-refractivity contribution in [3.8, 4) is 11.3 Å². The first-order chi connectivity index (χ1) is 9.65. The van der Waals surface area contributed by atoms with Gasteiger partial charge in [-0.1, -0.05) is 24.3 Å². The Morgan fingerprint density at radius 3 is 2.32 bits per heavy atom. The Morgan fingerprint density at radius 2 is 1.68 bits per heavy atom. The highest BCUT2D eigenvalue weighted by Gasteiger charge is 2.08. The lowest BCUT2D eigenvalue weighted by Crippen LogP contribution is -2.16. The van der Waals surface area contributed by atoms with Gasteiger partial charge < -0.3 is 9.88 Å². The Balaban J connectivity index is 0.00000121. The van der Waals surface area contributed by atoms with E-state index < -0.39 is 0 Å². The molecule has 0 bridgehead atoms. The number of pyridine rings is 1. The maximum atomic E-state index is 4.56. The second-order valence-electron chi connectivity index (χ2n) is 5.23. The molecule has 0 saturated heterocycles. The third-order valence-electron chi connectivity index (χ3n) is 3.75. The fourth-order valence-electron chi connectivity index (χ4n) is 2.21. The Labute approximate surface area is 142 Å². The molecule has 118 valence electrons. The van der Waals surface area contributed by atoms with Crippen molar-refractivity contribution in [2.75, 3.05) is 14.1 Å². The SMILES string of the molecule is CC(c1ccc(-c2ccc3[nH]cnc3n2)cc1)N(C)C.Cl.Cl. The van der Waals surface area contributed by atoms with Crippen molar-refractivity contribution in [1.29, 1.82) is 0 Å². The molecule has 1 N–H and O–H groups in total. The molecule has 0 spiro atoms. The molecule has 0 radical (unpaired) electrons. The summed E-state index contributed by atoms with van der Waals surface area (Å²) in [5.74, 6) is 0. The van der Waals surface area contributed by atoms with Crippen molar-refractivity contribution in [2.45, 2.75) is 13.0 Å². The fraction of sp³-hybridized carbons (Fsp3) is 0.250. The Kier molecular flexibility index (Phi) is 6.35. The molecule has 0 saturated carbocycles. The molecule has 4 nitrogen and oxygen atoms in total. The van der Waals surface area contributed by atoms with E-state index in [1.165, 1.54) is 5.56 Å². The van der Waals surface area contributed by atoms with E-state index >= 15 is 0 Å². The van der Waals surface area contributed by atoms with E-state index in [-0.39, 0.29) is 24.8 Å². The number of hydrogen-bond acceptors (Lipinski definition) is 3. The normalized spacial score (nSPS) is 11.8. The van der Waals surface area contributed by atoms with Gasteiger partial charge in [-0.25, -0.2) is 9.97 Å². The maximum absolute atomic E-state index is 4.56. The van der Waals surface area contributed by atoms with E-state index in [0.717, 1.165) is 22.4 Å². The number of halogens is 2. The minimum absolute atomic E-state index is 0. The molecule has 2 aromatic heterocycles. The average Bonchev–Trinajstić information content (AvgIpc) is 2.94. The molecule has 6 heteroatoms. The summed E-state index contributed by atoms with van der Waals surface area (Å²) in [7, 11) is 4.18. The molecule has 0 fully saturated rings. The van der Waals surface area contributed by atoms with Crippen LogP contribution < -0.4 is 0 Å². The molecule has 1 aromatic carbocycles. The lowest BCUT2D eigenvalue weighted by Gasteiger charge is -2.20. The van der Waals surface area contributed by atoms with Crippen LogP contribution in [0.1, 0.15) is 18.5 Å². The number of aromatic amines is 1. The fourth-order valence-corrected chi connectivity index (χ4v) is 2.21. The van der Waals surface area contributed by atoms with E-state index in [1.54, 1.807) is 6.33 Å². The summed E-state index contributed by atoms with van der Waals surface area (Å²) in [6, 6.07) is 13.0. The summed E-state index contributed by atoms with van der Waals surface area (Å²) in [4.78, 5) is 14.0. The minimum Gasteiger partial charge on any atom is -0.343 e. The number of rotatable bonds is 3. The predicted octanol–water partition coefficient (Wildman–Crippen LogP) is 4.09. The zero-order valence-corrected chi connectivity index (χ0v) is 14.4. The summed E-state index contributed by atoms with van der Waals surface area (Å²) in [5.41, 5.74) is 5.10. The van der Waals surface area contributed by atoms with Crippen LogP contribution in [0.3, 0.4) is 0 Å².